The molecule has 3 rings (SSSR count). The van der Waals surface area contributed by atoms with Crippen LogP contribution in [0, 0.1) is 6.92 Å². The van der Waals surface area contributed by atoms with Crippen LogP contribution in [0.3, 0.4) is 0 Å². The largest absolute Gasteiger partial charge is 0.469 e. The van der Waals surface area contributed by atoms with E-state index >= 15 is 0 Å². The fourth-order valence-electron chi connectivity index (χ4n) is 2.34. The minimum Gasteiger partial charge on any atom is -0.469 e. The molecule has 0 saturated heterocycles. The third kappa shape index (κ3) is 1.95. The van der Waals surface area contributed by atoms with Gasteiger partial charge in [-0.15, -0.1) is 0 Å². The van der Waals surface area contributed by atoms with Crippen LogP contribution in [-0.2, 0) is 0 Å². The summed E-state index contributed by atoms with van der Waals surface area (Å²) in [6.07, 6.45) is 1.82. The Kier molecular flexibility index (Phi) is 2.71. The number of Topliss-reactive ketones (excluding diaryl/α,β-unsaturated/α-hetero) is 1. The predicted octanol–water partition coefficient (Wildman–Crippen LogP) is 2.82. The Balaban J connectivity index is 2.01. The number of nitrogens with zero attached hydrogens (tertiary/aromatic N) is 1. The van der Waals surface area contributed by atoms with Crippen molar-refractivity contribution >= 4 is 17.4 Å². The van der Waals surface area contributed by atoms with E-state index in [9.17, 15) is 9.59 Å². The first-order chi connectivity index (χ1) is 9.16. The van der Waals surface area contributed by atoms with Gasteiger partial charge in [0.05, 0.1) is 11.3 Å². The van der Waals surface area contributed by atoms with Crippen molar-refractivity contribution in [1.82, 2.24) is 0 Å². The number of para-hydroxylation sites is 1. The molecule has 1 aliphatic heterocycles. The number of carbonyl (C=O) groups excluding carboxylic acids is 2. The van der Waals surface area contributed by atoms with Gasteiger partial charge in [0.25, 0.3) is 5.91 Å². The van der Waals surface area contributed by atoms with E-state index in [-0.39, 0.29) is 11.7 Å². The topological polar surface area (TPSA) is 50.5 Å². The molecule has 0 atom stereocenters. The first-order valence-corrected chi connectivity index (χ1v) is 6.16. The van der Waals surface area contributed by atoms with Gasteiger partial charge in [-0.05, 0) is 25.1 Å². The van der Waals surface area contributed by atoms with Gasteiger partial charge >= 0.3 is 0 Å². The molecule has 0 radical (unpaired) electrons. The summed E-state index contributed by atoms with van der Waals surface area (Å²) in [6.45, 7) is 2.21. The number of ketones is 1. The van der Waals surface area contributed by atoms with E-state index in [0.29, 0.717) is 35.5 Å². The van der Waals surface area contributed by atoms with Crippen molar-refractivity contribution in [2.75, 3.05) is 11.4 Å². The number of aryl methyl sites for hydroxylation is 1. The zero-order valence-corrected chi connectivity index (χ0v) is 10.6. The predicted molar refractivity (Wildman–Crippen MR) is 70.5 cm³/mol. The van der Waals surface area contributed by atoms with Crippen LogP contribution >= 0.6 is 0 Å². The van der Waals surface area contributed by atoms with Crippen molar-refractivity contribution in [3.63, 3.8) is 0 Å². The molecule has 19 heavy (non-hydrogen) atoms. The van der Waals surface area contributed by atoms with Crippen molar-refractivity contribution in [2.24, 2.45) is 0 Å². The Labute approximate surface area is 110 Å². The second-order valence-corrected chi connectivity index (χ2v) is 4.59. The van der Waals surface area contributed by atoms with Gasteiger partial charge in [-0.2, -0.15) is 0 Å². The van der Waals surface area contributed by atoms with E-state index in [0.717, 1.165) is 0 Å². The Morgan fingerprint density at radius 3 is 2.84 bits per heavy atom. The van der Waals surface area contributed by atoms with E-state index in [1.165, 1.54) is 6.26 Å². The van der Waals surface area contributed by atoms with Gasteiger partial charge in [-0.1, -0.05) is 12.1 Å². The quantitative estimate of drug-likeness (QED) is 0.787. The Morgan fingerprint density at radius 1 is 1.32 bits per heavy atom. The molecule has 4 nitrogen and oxygen atoms in total. The molecule has 0 spiro atoms. The minimum atomic E-state index is -0.128. The maximum Gasteiger partial charge on any atom is 0.261 e. The van der Waals surface area contributed by atoms with Crippen LogP contribution in [-0.4, -0.2) is 18.2 Å². The zero-order chi connectivity index (χ0) is 13.4. The Morgan fingerprint density at radius 2 is 2.11 bits per heavy atom. The number of rotatable bonds is 1. The lowest BCUT2D eigenvalue weighted by molar-refractivity contribution is 0.0955. The number of carbonyl (C=O) groups is 2. The molecule has 2 heterocycles. The number of anilines is 1. The SMILES string of the molecule is Cc1cc(C(=O)N2CCC(=O)c3ccccc32)co1. The summed E-state index contributed by atoms with van der Waals surface area (Å²) in [6, 6.07) is 8.92. The second kappa shape index (κ2) is 4.39. The third-order valence-electron chi connectivity index (χ3n) is 3.28. The van der Waals surface area contributed by atoms with E-state index in [4.69, 9.17) is 4.42 Å². The molecule has 0 N–H and O–H groups in total. The maximum absolute atomic E-state index is 12.4. The monoisotopic (exact) mass is 255 g/mol. The van der Waals surface area contributed by atoms with Gasteiger partial charge in [-0.25, -0.2) is 0 Å². The summed E-state index contributed by atoms with van der Waals surface area (Å²) >= 11 is 0. The van der Waals surface area contributed by atoms with E-state index in [1.807, 2.05) is 12.1 Å². The normalized spacial score (nSPS) is 14.4. The molecular weight excluding hydrogens is 242 g/mol. The molecule has 4 heteroatoms. The van der Waals surface area contributed by atoms with Crippen molar-refractivity contribution in [2.45, 2.75) is 13.3 Å². The number of benzene rings is 1. The van der Waals surface area contributed by atoms with Crippen molar-refractivity contribution in [3.8, 4) is 0 Å². The van der Waals surface area contributed by atoms with Crippen molar-refractivity contribution in [3.05, 3.63) is 53.5 Å². The number of furan rings is 1. The molecule has 0 unspecified atom stereocenters. The number of amides is 1. The van der Waals surface area contributed by atoms with Gasteiger partial charge in [0.2, 0.25) is 0 Å². The molecule has 0 fully saturated rings. The molecule has 0 aliphatic carbocycles. The Hall–Kier alpha value is -2.36. The molecule has 0 bridgehead atoms. The summed E-state index contributed by atoms with van der Waals surface area (Å²) in [5.41, 5.74) is 1.81. The highest BCUT2D eigenvalue weighted by Gasteiger charge is 2.28. The molecular formula is C15H13NO3. The molecule has 1 aliphatic rings. The summed E-state index contributed by atoms with van der Waals surface area (Å²) in [5.74, 6) is 0.657. The highest BCUT2D eigenvalue weighted by Crippen LogP contribution is 2.28. The van der Waals surface area contributed by atoms with Gasteiger partial charge in [-0.3, -0.25) is 9.59 Å². The van der Waals surface area contributed by atoms with Crippen molar-refractivity contribution in [1.29, 1.82) is 0 Å². The summed E-state index contributed by atoms with van der Waals surface area (Å²) < 4.78 is 5.17. The smallest absolute Gasteiger partial charge is 0.261 e. The molecule has 1 amide bonds. The van der Waals surface area contributed by atoms with E-state index < -0.39 is 0 Å². The van der Waals surface area contributed by atoms with Crippen LogP contribution in [0.5, 0.6) is 0 Å². The third-order valence-corrected chi connectivity index (χ3v) is 3.28. The fourth-order valence-corrected chi connectivity index (χ4v) is 2.34. The summed E-state index contributed by atoms with van der Waals surface area (Å²) in [5, 5.41) is 0. The molecule has 1 aromatic heterocycles. The second-order valence-electron chi connectivity index (χ2n) is 4.59. The Bertz CT molecular complexity index is 657. The number of fused-ring (bicyclic) bond motifs is 1. The number of hydrogen-bond donors (Lipinski definition) is 0. The first-order valence-electron chi connectivity index (χ1n) is 6.16. The highest BCUT2D eigenvalue weighted by molar-refractivity contribution is 6.13. The minimum absolute atomic E-state index is 0.0861. The van der Waals surface area contributed by atoms with Crippen LogP contribution in [0.2, 0.25) is 0 Å². The zero-order valence-electron chi connectivity index (χ0n) is 10.6. The van der Waals surface area contributed by atoms with E-state index in [1.54, 1.807) is 30.0 Å². The lowest BCUT2D eigenvalue weighted by Gasteiger charge is -2.28. The van der Waals surface area contributed by atoms with Crippen LogP contribution in [0.25, 0.3) is 0 Å². The first kappa shape index (κ1) is 11.7. The average Bonchev–Trinajstić information content (AvgIpc) is 2.86. The summed E-state index contributed by atoms with van der Waals surface area (Å²) in [7, 11) is 0. The lowest BCUT2D eigenvalue weighted by Crippen LogP contribution is -2.37. The van der Waals surface area contributed by atoms with Crippen LogP contribution in [0.1, 0.15) is 32.9 Å². The van der Waals surface area contributed by atoms with E-state index in [2.05, 4.69) is 0 Å². The number of hydrogen-bond acceptors (Lipinski definition) is 3. The molecule has 96 valence electrons. The van der Waals surface area contributed by atoms with Gasteiger partial charge in [0, 0.05) is 18.5 Å². The van der Waals surface area contributed by atoms with Gasteiger partial charge in [0.1, 0.15) is 12.0 Å². The fraction of sp³-hybridized carbons (Fsp3) is 0.200. The van der Waals surface area contributed by atoms with Crippen LogP contribution in [0.4, 0.5) is 5.69 Å². The lowest BCUT2D eigenvalue weighted by atomic mass is 10.00. The highest BCUT2D eigenvalue weighted by atomic mass is 16.3. The summed E-state index contributed by atoms with van der Waals surface area (Å²) in [4.78, 5) is 25.9. The molecule has 1 aromatic carbocycles. The van der Waals surface area contributed by atoms with Gasteiger partial charge in [0.15, 0.2) is 5.78 Å². The molecule has 2 aromatic rings. The van der Waals surface area contributed by atoms with Crippen LogP contribution in [0.15, 0.2) is 41.0 Å². The maximum atomic E-state index is 12.4. The van der Waals surface area contributed by atoms with Crippen molar-refractivity contribution < 1.29 is 14.0 Å². The average molecular weight is 255 g/mol. The van der Waals surface area contributed by atoms with Crippen LogP contribution < -0.4 is 4.90 Å². The van der Waals surface area contributed by atoms with Gasteiger partial charge < -0.3 is 9.32 Å². The molecule has 0 saturated carbocycles. The standard InChI is InChI=1S/C15H13NO3/c1-10-8-11(9-19-10)15(18)16-7-6-14(17)12-4-2-3-5-13(12)16/h2-5,8-9H,6-7H2,1H3.